The summed E-state index contributed by atoms with van der Waals surface area (Å²) in [6.07, 6.45) is 7.71. The summed E-state index contributed by atoms with van der Waals surface area (Å²) in [6.45, 7) is -0.425. The van der Waals surface area contributed by atoms with E-state index < -0.39 is 70.9 Å². The molecule has 30 heteroatoms. The van der Waals surface area contributed by atoms with Crippen molar-refractivity contribution in [2.75, 3.05) is 67.0 Å². The van der Waals surface area contributed by atoms with Gasteiger partial charge >= 0.3 is 0 Å². The number of anilines is 3. The molecule has 3 amide bonds. The number of fused-ring (bicyclic) bond motifs is 6. The third-order valence-electron chi connectivity index (χ3n) is 17.0. The number of phenols is 1. The van der Waals surface area contributed by atoms with Crippen LogP contribution < -0.4 is 37.2 Å². The number of sulfonamides is 3. The molecule has 10 aromatic rings. The minimum absolute atomic E-state index is 0.0639. The van der Waals surface area contributed by atoms with Crippen molar-refractivity contribution in [3.05, 3.63) is 219 Å². The molecule has 23 nitrogen and oxygen atoms in total. The highest BCUT2D eigenvalue weighted by atomic mass is 32.2. The number of aromatic hydroxyl groups is 1. The van der Waals surface area contributed by atoms with Crippen LogP contribution in [0.5, 0.6) is 28.7 Å². The lowest BCUT2D eigenvalue weighted by Crippen LogP contribution is -2.27. The lowest BCUT2D eigenvalue weighted by Gasteiger charge is -2.23. The average molecular weight is 1410 g/mol. The largest absolute Gasteiger partial charge is 0.505 e. The number of aromatic nitrogens is 3. The number of hydrogen-bond donors (Lipinski definition) is 2. The molecule has 3 aromatic heterocycles. The molecule has 2 N–H and O–H groups in total. The first-order valence-corrected chi connectivity index (χ1v) is 35.6. The molecule has 3 aliphatic rings. The van der Waals surface area contributed by atoms with E-state index in [1.807, 2.05) is 36.4 Å². The van der Waals surface area contributed by atoms with Gasteiger partial charge in [-0.1, -0.05) is 36.4 Å². The Bertz CT molecular complexity index is 5230. The number of carbonyl (C=O) groups is 3. The fourth-order valence-electron chi connectivity index (χ4n) is 11.8. The summed E-state index contributed by atoms with van der Waals surface area (Å²) in [4.78, 5) is 54.8. The molecule has 7 aromatic carbocycles. The highest BCUT2D eigenvalue weighted by molar-refractivity contribution is 7.92. The SMILES string of the molecule is CN(c1c2c(c(O)c3ncccc13)C(=O)N(Cc1c(F)cccc1F)C2)S(C)(=O)=O.COc1ccc(COc2c3c(c(N(C)S(C)(=O)=O)c4cccnc24)CN(Cc2c(F)cccc2F)C3=O)cc1.COc1ccc(COc2c3c(c(N(C)S(C)(=O)=O)c4cccnc24)CNC3=O)cc1. The van der Waals surface area contributed by atoms with E-state index in [2.05, 4.69) is 20.3 Å². The minimum atomic E-state index is -3.75. The number of carbonyl (C=O) groups excluding carboxylic acids is 3. The Balaban J connectivity index is 0.000000152. The van der Waals surface area contributed by atoms with E-state index in [1.54, 1.807) is 68.9 Å². The van der Waals surface area contributed by atoms with E-state index in [-0.39, 0.29) is 102 Å². The second-order valence-electron chi connectivity index (χ2n) is 23.2. The molecule has 13 rings (SSSR count). The second kappa shape index (κ2) is 27.6. The number of pyridine rings is 3. The van der Waals surface area contributed by atoms with Crippen molar-refractivity contribution in [2.45, 2.75) is 45.9 Å². The predicted octanol–water partition coefficient (Wildman–Crippen LogP) is 9.88. The van der Waals surface area contributed by atoms with E-state index in [1.165, 1.54) is 54.9 Å². The monoisotopic (exact) mass is 1410 g/mol. The molecule has 0 bridgehead atoms. The topological polar surface area (TPSA) is 278 Å². The molecule has 0 atom stereocenters. The van der Waals surface area contributed by atoms with Crippen LogP contribution in [0.4, 0.5) is 34.6 Å². The van der Waals surface area contributed by atoms with Gasteiger partial charge < -0.3 is 39.2 Å². The van der Waals surface area contributed by atoms with Crippen molar-refractivity contribution >= 4 is 97.6 Å². The molecule has 99 heavy (non-hydrogen) atoms. The highest BCUT2D eigenvalue weighted by Gasteiger charge is 2.41. The Hall–Kier alpha value is -10.9. The molecule has 0 radical (unpaired) electrons. The predicted molar refractivity (Wildman–Crippen MR) is 362 cm³/mol. The summed E-state index contributed by atoms with van der Waals surface area (Å²) in [5.74, 6) is -3.17. The number of nitrogens with one attached hydrogen (secondary N) is 1. The van der Waals surface area contributed by atoms with E-state index in [4.69, 9.17) is 18.9 Å². The van der Waals surface area contributed by atoms with Gasteiger partial charge in [0.1, 0.15) is 64.5 Å². The second-order valence-corrected chi connectivity index (χ2v) is 29.2. The summed E-state index contributed by atoms with van der Waals surface area (Å²) >= 11 is 0. The van der Waals surface area contributed by atoms with Crippen LogP contribution in [0.3, 0.4) is 0 Å². The number of rotatable bonds is 18. The Labute approximate surface area is 566 Å². The zero-order valence-corrected chi connectivity index (χ0v) is 56.7. The lowest BCUT2D eigenvalue weighted by atomic mass is 10.0. The van der Waals surface area contributed by atoms with Crippen LogP contribution in [0.1, 0.15) is 70.0 Å². The molecule has 0 spiro atoms. The van der Waals surface area contributed by atoms with Gasteiger partial charge in [-0.05, 0) is 96.1 Å². The maximum atomic E-state index is 14.5. The maximum Gasteiger partial charge on any atom is 0.258 e. The van der Waals surface area contributed by atoms with Crippen LogP contribution in [0.25, 0.3) is 32.7 Å². The first kappa shape index (κ1) is 69.5. The van der Waals surface area contributed by atoms with Crippen LogP contribution in [-0.4, -0.2) is 127 Å². The highest BCUT2D eigenvalue weighted by Crippen LogP contribution is 2.48. The smallest absolute Gasteiger partial charge is 0.258 e. The Morgan fingerprint density at radius 1 is 0.485 bits per heavy atom. The number of benzene rings is 7. The molecule has 0 saturated heterocycles. The van der Waals surface area contributed by atoms with Crippen molar-refractivity contribution in [2.24, 2.45) is 0 Å². The number of halogens is 4. The van der Waals surface area contributed by atoms with Gasteiger partial charge in [-0.25, -0.2) is 42.8 Å². The zero-order chi connectivity index (χ0) is 71.2. The molecular formula is C69H63F4N9O14S3. The molecule has 3 aliphatic heterocycles. The van der Waals surface area contributed by atoms with Crippen LogP contribution in [0.2, 0.25) is 0 Å². The molecule has 0 fully saturated rings. The van der Waals surface area contributed by atoms with Crippen LogP contribution >= 0.6 is 0 Å². The van der Waals surface area contributed by atoms with E-state index >= 15 is 0 Å². The summed E-state index contributed by atoms with van der Waals surface area (Å²) in [6, 6.07) is 31.5. The minimum Gasteiger partial charge on any atom is -0.505 e. The summed E-state index contributed by atoms with van der Waals surface area (Å²) < 4.78 is 157. The van der Waals surface area contributed by atoms with Crippen molar-refractivity contribution < 1.29 is 81.3 Å². The molecule has 0 unspecified atom stereocenters. The van der Waals surface area contributed by atoms with Crippen molar-refractivity contribution in [1.29, 1.82) is 0 Å². The first-order chi connectivity index (χ1) is 47.0. The lowest BCUT2D eigenvalue weighted by molar-refractivity contribution is 0.0753. The number of ether oxygens (including phenoxy) is 4. The van der Waals surface area contributed by atoms with Crippen LogP contribution in [0, 0.1) is 23.3 Å². The zero-order valence-electron chi connectivity index (χ0n) is 54.3. The Kier molecular flexibility index (Phi) is 19.4. The number of amides is 3. The molecule has 6 heterocycles. The van der Waals surface area contributed by atoms with Gasteiger partial charge in [0.05, 0.1) is 79.8 Å². The third-order valence-corrected chi connectivity index (χ3v) is 20.5. The van der Waals surface area contributed by atoms with Gasteiger partial charge in [0.25, 0.3) is 17.7 Å². The van der Waals surface area contributed by atoms with E-state index in [0.29, 0.717) is 61.1 Å². The first-order valence-electron chi connectivity index (χ1n) is 30.1. The molecule has 514 valence electrons. The fourth-order valence-corrected chi connectivity index (χ4v) is 13.5. The summed E-state index contributed by atoms with van der Waals surface area (Å²) in [5.41, 5.74) is 4.33. The average Bonchev–Trinajstić information content (AvgIpc) is 1.65. The fraction of sp³-hybridized carbons (Fsp3) is 0.217. The molecular weight excluding hydrogens is 1350 g/mol. The third kappa shape index (κ3) is 13.7. The molecule has 0 aliphatic carbocycles. The number of phenolic OH excluding ortho intramolecular Hbond substituents is 1. The van der Waals surface area contributed by atoms with Crippen molar-refractivity contribution in [1.82, 2.24) is 30.1 Å². The molecule has 0 saturated carbocycles. The quantitative estimate of drug-likeness (QED) is 0.0756. The van der Waals surface area contributed by atoms with E-state index in [9.17, 15) is 62.3 Å². The summed E-state index contributed by atoms with van der Waals surface area (Å²) in [7, 11) is -3.66. The van der Waals surface area contributed by atoms with Gasteiger partial charge in [-0.15, -0.1) is 0 Å². The Morgan fingerprint density at radius 3 is 1.23 bits per heavy atom. The number of hydrogen-bond acceptors (Lipinski definition) is 17. The standard InChI is InChI=1S/C28H25F2N3O5S.C21H21N3O5S.C20H17F2N3O4S/c1-32(39(3,35)36)26-19-6-5-13-31-25(19)27(38-16-17-9-11-18(37-2)12-10-17)24-21(26)15-33(28(24)34)14-20-22(29)7-4-8-23(20)30;1-24(30(3,26)27)19-15-5-4-10-22-18(15)20(17-16(19)11-23-21(17)25)29-12-13-6-8-14(28-2)9-7-13;1-24(30(2,28)29)18-11-5-4-8-23-17(11)19(26)16-13(18)10-25(20(16)27)9-12-14(21)6-3-7-15(12)22/h4-13H,14-16H2,1-3H3;4-10H,11-12H2,1-3H3,(H,23,25);3-8,26H,9-10H2,1-2H3. The van der Waals surface area contributed by atoms with E-state index in [0.717, 1.165) is 73.4 Å². The van der Waals surface area contributed by atoms with Gasteiger partial charge in [-0.2, -0.15) is 0 Å². The van der Waals surface area contributed by atoms with Crippen molar-refractivity contribution in [3.8, 4) is 28.7 Å². The maximum absolute atomic E-state index is 14.5. The number of methoxy groups -OCH3 is 2. The van der Waals surface area contributed by atoms with Gasteiger partial charge in [0.2, 0.25) is 30.1 Å². The Morgan fingerprint density at radius 2 is 0.838 bits per heavy atom. The van der Waals surface area contributed by atoms with Crippen LogP contribution in [-0.2, 0) is 76.0 Å². The van der Waals surface area contributed by atoms with Crippen LogP contribution in [0.15, 0.2) is 140 Å². The van der Waals surface area contributed by atoms with Gasteiger partial charge in [0.15, 0.2) is 17.2 Å². The van der Waals surface area contributed by atoms with Crippen molar-refractivity contribution in [3.63, 3.8) is 0 Å². The normalized spacial score (nSPS) is 13.3. The van der Waals surface area contributed by atoms with Gasteiger partial charge in [-0.3, -0.25) is 42.3 Å². The van der Waals surface area contributed by atoms with Gasteiger partial charge in [0, 0.05) is 103 Å². The summed E-state index contributed by atoms with van der Waals surface area (Å²) in [5, 5.41) is 14.9. The number of nitrogens with zero attached hydrogens (tertiary/aromatic N) is 8.